The molecule has 2 aromatic carbocycles. The van der Waals surface area contributed by atoms with Crippen molar-refractivity contribution < 1.29 is 44.4 Å². The molecule has 0 amide bonds. The SMILES string of the molecule is O=C(c1ccc(C(=O)O)c(C(=O)O)c1)c1ccc(C(=O)O)c(C(=O)O)c1.[Rb].[Rb].[Rb].[Rb]. The van der Waals surface area contributed by atoms with Gasteiger partial charge in [-0.05, 0) is 24.3 Å². The Morgan fingerprint density at radius 2 is 0.733 bits per heavy atom. The van der Waals surface area contributed by atoms with Crippen molar-refractivity contribution in [3.63, 3.8) is 0 Å². The maximum Gasteiger partial charge on any atom is 0.336 e. The summed E-state index contributed by atoms with van der Waals surface area (Å²) in [7, 11) is 0. The first-order chi connectivity index (χ1) is 12.1. The first-order valence-electron chi connectivity index (χ1n) is 6.89. The van der Waals surface area contributed by atoms with Crippen LogP contribution in [0.15, 0.2) is 36.4 Å². The van der Waals surface area contributed by atoms with Gasteiger partial charge < -0.3 is 20.4 Å². The second kappa shape index (κ2) is 17.6. The van der Waals surface area contributed by atoms with Gasteiger partial charge in [-0.2, -0.15) is 0 Å². The van der Waals surface area contributed by atoms with Gasteiger partial charge in [-0.3, -0.25) is 4.79 Å². The third kappa shape index (κ3) is 10.1. The molecule has 0 heterocycles. The number of ketones is 1. The molecule has 30 heavy (non-hydrogen) atoms. The van der Waals surface area contributed by atoms with Crippen molar-refractivity contribution in [2.75, 3.05) is 0 Å². The van der Waals surface area contributed by atoms with Crippen molar-refractivity contribution in [3.05, 3.63) is 69.8 Å². The molecule has 0 bridgehead atoms. The summed E-state index contributed by atoms with van der Waals surface area (Å²) in [5, 5.41) is 36.1. The van der Waals surface area contributed by atoms with E-state index in [4.69, 9.17) is 20.4 Å². The van der Waals surface area contributed by atoms with E-state index in [2.05, 4.69) is 0 Å². The number of carboxylic acids is 4. The first kappa shape index (κ1) is 37.8. The summed E-state index contributed by atoms with van der Waals surface area (Å²) in [6.07, 6.45) is 0. The smallest absolute Gasteiger partial charge is 0.336 e. The predicted octanol–water partition coefficient (Wildman–Crippen LogP) is 0.187. The Kier molecular flexibility index (Phi) is 22.2. The molecule has 0 saturated carbocycles. The normalized spacial score (nSPS) is 8.80. The molecule has 0 fully saturated rings. The number of carbonyl (C=O) groups excluding carboxylic acids is 1. The average molecular weight is 700 g/mol. The molecule has 4 N–H and O–H groups in total. The van der Waals surface area contributed by atoms with E-state index < -0.39 is 51.9 Å². The summed E-state index contributed by atoms with van der Waals surface area (Å²) < 4.78 is 0. The van der Waals surface area contributed by atoms with Crippen LogP contribution in [-0.4, -0.2) is 283 Å². The summed E-state index contributed by atoms with van der Waals surface area (Å²) >= 11 is 0. The summed E-state index contributed by atoms with van der Waals surface area (Å²) in [6, 6.07) is 5.79. The van der Waals surface area contributed by atoms with Crippen molar-refractivity contribution in [2.24, 2.45) is 0 Å². The number of carbonyl (C=O) groups is 5. The van der Waals surface area contributed by atoms with Crippen LogP contribution in [0.5, 0.6) is 0 Å². The van der Waals surface area contributed by atoms with Gasteiger partial charge in [-0.15, -0.1) is 0 Å². The van der Waals surface area contributed by atoms with Crippen LogP contribution in [0, 0.1) is 0 Å². The van der Waals surface area contributed by atoms with E-state index in [1.807, 2.05) is 0 Å². The van der Waals surface area contributed by atoms with Crippen molar-refractivity contribution in [2.45, 2.75) is 0 Å². The molecule has 136 valence electrons. The summed E-state index contributed by atoms with van der Waals surface area (Å²) in [6.45, 7) is 0. The van der Waals surface area contributed by atoms with E-state index in [9.17, 15) is 24.0 Å². The van der Waals surface area contributed by atoms with Gasteiger partial charge >= 0.3 is 23.9 Å². The van der Waals surface area contributed by atoms with Gasteiger partial charge in [0.1, 0.15) is 0 Å². The molecule has 2 aromatic rings. The fraction of sp³-hybridized carbons (Fsp3) is 0. The van der Waals surface area contributed by atoms with Gasteiger partial charge in [0.15, 0.2) is 5.78 Å². The molecule has 0 saturated heterocycles. The maximum atomic E-state index is 12.5. The zero-order valence-electron chi connectivity index (χ0n) is 16.8. The molecule has 0 spiro atoms. The minimum absolute atomic E-state index is 0. The van der Waals surface area contributed by atoms with E-state index in [-0.39, 0.29) is 244 Å². The third-order valence-electron chi connectivity index (χ3n) is 3.49. The molecule has 0 atom stereocenters. The van der Waals surface area contributed by atoms with E-state index in [1.54, 1.807) is 0 Å². The molecule has 4 radical (unpaired) electrons. The van der Waals surface area contributed by atoms with Crippen LogP contribution < -0.4 is 0 Å². The van der Waals surface area contributed by atoms with E-state index in [0.717, 1.165) is 36.4 Å². The Morgan fingerprint density at radius 1 is 0.467 bits per heavy atom. The third-order valence-corrected chi connectivity index (χ3v) is 3.49. The molecule has 0 unspecified atom stereocenters. The molecule has 13 heteroatoms. The number of carboxylic acid groups (broad SMARTS) is 4. The van der Waals surface area contributed by atoms with Gasteiger partial charge in [0.2, 0.25) is 0 Å². The Labute approximate surface area is 365 Å². The van der Waals surface area contributed by atoms with Crippen LogP contribution in [0.2, 0.25) is 0 Å². The second-order valence-corrected chi connectivity index (χ2v) is 5.07. The fourth-order valence-corrected chi connectivity index (χ4v) is 2.26. The number of aromatic carboxylic acids is 4. The van der Waals surface area contributed by atoms with Gasteiger partial charge in [-0.25, -0.2) is 19.2 Å². The van der Waals surface area contributed by atoms with Crippen LogP contribution in [0.1, 0.15) is 57.4 Å². The van der Waals surface area contributed by atoms with E-state index >= 15 is 0 Å². The van der Waals surface area contributed by atoms with Crippen LogP contribution in [0.3, 0.4) is 0 Å². The van der Waals surface area contributed by atoms with Gasteiger partial charge in [-0.1, -0.05) is 12.1 Å². The van der Waals surface area contributed by atoms with Crippen LogP contribution in [-0.2, 0) is 0 Å². The Hall–Kier alpha value is 3.21. The Balaban J connectivity index is -0.00000182. The van der Waals surface area contributed by atoms with Crippen LogP contribution in [0.25, 0.3) is 0 Å². The maximum absolute atomic E-state index is 12.5. The topological polar surface area (TPSA) is 166 Å². The van der Waals surface area contributed by atoms with Crippen LogP contribution in [0.4, 0.5) is 0 Å². The minimum atomic E-state index is -1.55. The van der Waals surface area contributed by atoms with E-state index in [1.165, 1.54) is 0 Å². The zero-order chi connectivity index (χ0) is 19.6. The second-order valence-electron chi connectivity index (χ2n) is 5.07. The molecular weight excluding hydrogens is 690 g/mol. The molecular formula is C17H10O9Rb4. The standard InChI is InChI=1S/C17H10O9.4Rb/c18-13(7-1-3-9(14(19)20)11(5-7)16(23)24)8-2-4-10(15(21)22)12(6-8)17(25)26;;;;/h1-6H,(H,19,20)(H,21,22)(H,23,24)(H,25,26);;;;. The quantitative estimate of drug-likeness (QED) is 0.308. The number of hydrogen-bond acceptors (Lipinski definition) is 5. The van der Waals surface area contributed by atoms with Crippen molar-refractivity contribution >= 4 is 262 Å². The van der Waals surface area contributed by atoms with E-state index in [0.29, 0.717) is 0 Å². The monoisotopic (exact) mass is 698 g/mol. The molecule has 0 aliphatic rings. The molecule has 9 nitrogen and oxygen atoms in total. The van der Waals surface area contributed by atoms with Crippen LogP contribution >= 0.6 is 0 Å². The van der Waals surface area contributed by atoms with Gasteiger partial charge in [0, 0.05) is 244 Å². The Morgan fingerprint density at radius 3 is 0.967 bits per heavy atom. The zero-order valence-corrected chi connectivity index (χ0v) is 36.5. The first-order valence-corrected chi connectivity index (χ1v) is 6.89. The molecule has 0 aliphatic heterocycles. The minimum Gasteiger partial charge on any atom is -0.478 e. The van der Waals surface area contributed by atoms with Crippen molar-refractivity contribution in [1.82, 2.24) is 0 Å². The summed E-state index contributed by atoms with van der Waals surface area (Å²) in [5.41, 5.74) is -2.62. The summed E-state index contributed by atoms with van der Waals surface area (Å²) in [5.74, 6) is -6.86. The number of hydrogen-bond donors (Lipinski definition) is 4. The number of rotatable bonds is 6. The van der Waals surface area contributed by atoms with Crippen molar-refractivity contribution in [3.8, 4) is 0 Å². The molecule has 2 rings (SSSR count). The fourth-order valence-electron chi connectivity index (χ4n) is 2.26. The number of benzene rings is 2. The Bertz CT molecular complexity index is 912. The molecule has 0 aliphatic carbocycles. The summed E-state index contributed by atoms with van der Waals surface area (Å²) in [4.78, 5) is 56.9. The largest absolute Gasteiger partial charge is 0.478 e. The molecule has 0 aromatic heterocycles. The average Bonchev–Trinajstić information content (AvgIpc) is 2.59. The van der Waals surface area contributed by atoms with Gasteiger partial charge in [0.05, 0.1) is 22.3 Å². The van der Waals surface area contributed by atoms with Gasteiger partial charge in [0.25, 0.3) is 0 Å². The predicted molar refractivity (Wildman–Crippen MR) is 107 cm³/mol. The van der Waals surface area contributed by atoms with Crippen molar-refractivity contribution in [1.29, 1.82) is 0 Å².